The van der Waals surface area contributed by atoms with Gasteiger partial charge in [-0.3, -0.25) is 14.4 Å². The number of amides is 3. The Morgan fingerprint density at radius 2 is 2.00 bits per heavy atom. The zero-order valence-corrected chi connectivity index (χ0v) is 16.4. The topological polar surface area (TPSA) is 127 Å². The Kier molecular flexibility index (Phi) is 6.23. The van der Waals surface area contributed by atoms with E-state index in [1.54, 1.807) is 4.90 Å². The van der Waals surface area contributed by atoms with Crippen LogP contribution in [0, 0.1) is 0 Å². The van der Waals surface area contributed by atoms with Crippen molar-refractivity contribution >= 4 is 17.7 Å². The van der Waals surface area contributed by atoms with Gasteiger partial charge in [0.2, 0.25) is 11.8 Å². The van der Waals surface area contributed by atoms with Crippen LogP contribution in [-0.2, 0) is 20.9 Å². The van der Waals surface area contributed by atoms with Crippen LogP contribution in [0.1, 0.15) is 42.0 Å². The van der Waals surface area contributed by atoms with Gasteiger partial charge in [0, 0.05) is 13.1 Å². The third kappa shape index (κ3) is 4.43. The molecule has 0 unspecified atom stereocenters. The number of nitrogens with zero attached hydrogens (tertiary/aromatic N) is 3. The lowest BCUT2D eigenvalue weighted by Gasteiger charge is -2.42. The molecule has 3 amide bonds. The molecule has 2 N–H and O–H groups in total. The predicted molar refractivity (Wildman–Crippen MR) is 100 cm³/mol. The molecule has 1 aliphatic heterocycles. The number of morpholine rings is 1. The third-order valence-corrected chi connectivity index (χ3v) is 4.53. The molecule has 0 aliphatic carbocycles. The van der Waals surface area contributed by atoms with Gasteiger partial charge in [-0.2, -0.15) is 4.98 Å². The van der Waals surface area contributed by atoms with Gasteiger partial charge in [-0.05, 0) is 19.4 Å². The van der Waals surface area contributed by atoms with Crippen LogP contribution in [0.3, 0.4) is 0 Å². The van der Waals surface area contributed by atoms with E-state index in [0.29, 0.717) is 0 Å². The van der Waals surface area contributed by atoms with Crippen molar-refractivity contribution in [3.8, 4) is 0 Å². The summed E-state index contributed by atoms with van der Waals surface area (Å²) in [5.74, 6) is -1.12. The van der Waals surface area contributed by atoms with Gasteiger partial charge in [0.15, 0.2) is 6.10 Å². The third-order valence-electron chi connectivity index (χ3n) is 4.53. The molecule has 0 radical (unpaired) electrons. The van der Waals surface area contributed by atoms with Gasteiger partial charge < -0.3 is 24.8 Å². The van der Waals surface area contributed by atoms with Gasteiger partial charge in [0.1, 0.15) is 6.61 Å². The maximum atomic E-state index is 12.9. The minimum atomic E-state index is -0.904. The van der Waals surface area contributed by atoms with Crippen molar-refractivity contribution in [3.63, 3.8) is 0 Å². The first-order valence-electron chi connectivity index (χ1n) is 9.22. The molecule has 2 atom stereocenters. The summed E-state index contributed by atoms with van der Waals surface area (Å²) in [5.41, 5.74) is 0.800. The molecule has 154 valence electrons. The summed E-state index contributed by atoms with van der Waals surface area (Å²) in [7, 11) is 1.45. The van der Waals surface area contributed by atoms with Crippen LogP contribution in [0.5, 0.6) is 0 Å². The molecule has 1 fully saturated rings. The van der Waals surface area contributed by atoms with E-state index in [0.717, 1.165) is 5.56 Å². The van der Waals surface area contributed by atoms with E-state index in [4.69, 9.17) is 9.26 Å². The Bertz CT molecular complexity index is 882. The molecule has 1 aliphatic rings. The Morgan fingerprint density at radius 1 is 1.28 bits per heavy atom. The highest BCUT2D eigenvalue weighted by atomic mass is 16.5. The lowest BCUT2D eigenvalue weighted by Crippen LogP contribution is -2.56. The summed E-state index contributed by atoms with van der Waals surface area (Å²) >= 11 is 0. The number of nitrogens with one attached hydrogen (secondary N) is 2. The van der Waals surface area contributed by atoms with Gasteiger partial charge in [-0.15, -0.1) is 0 Å². The predicted octanol–water partition coefficient (Wildman–Crippen LogP) is 0.423. The number of ether oxygens (including phenoxy) is 1. The molecule has 1 aromatic carbocycles. The molecule has 1 saturated heterocycles. The molecule has 1 aromatic heterocycles. The van der Waals surface area contributed by atoms with Crippen LogP contribution in [0.4, 0.5) is 0 Å². The van der Waals surface area contributed by atoms with Crippen LogP contribution in [0.25, 0.3) is 0 Å². The van der Waals surface area contributed by atoms with Gasteiger partial charge >= 0.3 is 0 Å². The zero-order valence-electron chi connectivity index (χ0n) is 16.4. The second kappa shape index (κ2) is 8.82. The average molecular weight is 401 g/mol. The highest BCUT2D eigenvalue weighted by Gasteiger charge is 2.42. The fraction of sp³-hybridized carbons (Fsp3) is 0.421. The maximum absolute atomic E-state index is 12.9. The standard InChI is InChI=1S/C19H23N5O5/c1-11(2)24-14(25)10-28-16(15(24)12-7-5-4-6-8-12)18(26)21-9-13-22-17(23-29-13)19(27)20-3/h4-8,11,15-16H,9-10H2,1-3H3,(H,20,27)(H,21,26)/t15-,16+/m1/s1. The minimum absolute atomic E-state index is 0.0696. The van der Waals surface area contributed by atoms with E-state index in [9.17, 15) is 14.4 Å². The smallest absolute Gasteiger partial charge is 0.292 e. The molecule has 0 spiro atoms. The number of benzene rings is 1. The van der Waals surface area contributed by atoms with E-state index in [2.05, 4.69) is 20.8 Å². The molecular formula is C19H23N5O5. The molecular weight excluding hydrogens is 378 g/mol. The number of carbonyl (C=O) groups is 3. The monoisotopic (exact) mass is 401 g/mol. The van der Waals surface area contributed by atoms with Crippen LogP contribution >= 0.6 is 0 Å². The maximum Gasteiger partial charge on any atom is 0.292 e. The molecule has 29 heavy (non-hydrogen) atoms. The highest BCUT2D eigenvalue weighted by molar-refractivity contribution is 5.90. The first-order chi connectivity index (χ1) is 13.9. The first-order valence-corrected chi connectivity index (χ1v) is 9.22. The number of rotatable bonds is 6. The minimum Gasteiger partial charge on any atom is -0.356 e. The van der Waals surface area contributed by atoms with Gasteiger partial charge in [-0.25, -0.2) is 0 Å². The average Bonchev–Trinajstić information content (AvgIpc) is 3.20. The Hall–Kier alpha value is -3.27. The normalized spacial score (nSPS) is 19.3. The van der Waals surface area contributed by atoms with Crippen molar-refractivity contribution in [3.05, 3.63) is 47.6 Å². The largest absolute Gasteiger partial charge is 0.356 e. The van der Waals surface area contributed by atoms with E-state index >= 15 is 0 Å². The van der Waals surface area contributed by atoms with Crippen molar-refractivity contribution < 1.29 is 23.6 Å². The van der Waals surface area contributed by atoms with Crippen molar-refractivity contribution in [1.29, 1.82) is 0 Å². The van der Waals surface area contributed by atoms with Crippen LogP contribution in [-0.4, -0.2) is 58.6 Å². The Labute approximate surface area is 167 Å². The van der Waals surface area contributed by atoms with Crippen LogP contribution in [0.15, 0.2) is 34.9 Å². The van der Waals surface area contributed by atoms with Crippen LogP contribution in [0.2, 0.25) is 0 Å². The summed E-state index contributed by atoms with van der Waals surface area (Å²) in [4.78, 5) is 42.4. The van der Waals surface area contributed by atoms with Gasteiger partial charge in [-0.1, -0.05) is 35.5 Å². The number of hydrogen-bond donors (Lipinski definition) is 2. The molecule has 0 saturated carbocycles. The van der Waals surface area contributed by atoms with Gasteiger partial charge in [0.25, 0.3) is 17.6 Å². The molecule has 10 nitrogen and oxygen atoms in total. The number of carbonyl (C=O) groups excluding carboxylic acids is 3. The second-order valence-corrected chi connectivity index (χ2v) is 6.79. The summed E-state index contributed by atoms with van der Waals surface area (Å²) in [5, 5.41) is 8.62. The van der Waals surface area contributed by atoms with Crippen molar-refractivity contribution in [2.24, 2.45) is 0 Å². The van der Waals surface area contributed by atoms with Crippen molar-refractivity contribution in [2.75, 3.05) is 13.7 Å². The van der Waals surface area contributed by atoms with E-state index in [1.165, 1.54) is 7.05 Å². The van der Waals surface area contributed by atoms with E-state index in [1.807, 2.05) is 44.2 Å². The summed E-state index contributed by atoms with van der Waals surface area (Å²) < 4.78 is 10.6. The van der Waals surface area contributed by atoms with Crippen molar-refractivity contribution in [1.82, 2.24) is 25.7 Å². The quantitative estimate of drug-likeness (QED) is 0.718. The molecule has 2 aromatic rings. The number of aromatic nitrogens is 2. The highest BCUT2D eigenvalue weighted by Crippen LogP contribution is 2.32. The molecule has 0 bridgehead atoms. The van der Waals surface area contributed by atoms with Gasteiger partial charge in [0.05, 0.1) is 12.6 Å². The summed E-state index contributed by atoms with van der Waals surface area (Å²) in [6, 6.07) is 8.59. The fourth-order valence-corrected chi connectivity index (χ4v) is 3.24. The first kappa shape index (κ1) is 20.5. The molecule has 2 heterocycles. The Morgan fingerprint density at radius 3 is 2.66 bits per heavy atom. The SMILES string of the molecule is CNC(=O)c1noc(CNC(=O)[C@H]2OCC(=O)N(C(C)C)[C@@H]2c2ccccc2)n1. The lowest BCUT2D eigenvalue weighted by molar-refractivity contribution is -0.167. The van der Waals surface area contributed by atoms with E-state index in [-0.39, 0.29) is 36.8 Å². The zero-order chi connectivity index (χ0) is 21.0. The second-order valence-electron chi connectivity index (χ2n) is 6.79. The van der Waals surface area contributed by atoms with Crippen molar-refractivity contribution in [2.45, 2.75) is 38.6 Å². The molecule has 10 heteroatoms. The van der Waals surface area contributed by atoms with E-state index < -0.39 is 24.0 Å². The lowest BCUT2D eigenvalue weighted by atomic mass is 9.96. The summed E-state index contributed by atoms with van der Waals surface area (Å²) in [6.45, 7) is 3.54. The molecule has 3 rings (SSSR count). The van der Waals surface area contributed by atoms with Crippen LogP contribution < -0.4 is 10.6 Å². The number of hydrogen-bond acceptors (Lipinski definition) is 7. The summed E-state index contributed by atoms with van der Waals surface area (Å²) in [6.07, 6.45) is -0.904. The Balaban J connectivity index is 1.77. The fourth-order valence-electron chi connectivity index (χ4n) is 3.24.